The quantitative estimate of drug-likeness (QED) is 0.580. The van der Waals surface area contributed by atoms with E-state index in [-0.39, 0.29) is 5.88 Å². The molecule has 0 aliphatic heterocycles. The summed E-state index contributed by atoms with van der Waals surface area (Å²) in [5.41, 5.74) is 9.10. The Bertz CT molecular complexity index is 1070. The van der Waals surface area contributed by atoms with Crippen molar-refractivity contribution >= 4 is 28.1 Å². The number of fused-ring (bicyclic) bond motifs is 1. The predicted molar refractivity (Wildman–Crippen MR) is 101 cm³/mol. The van der Waals surface area contributed by atoms with Gasteiger partial charge in [0.25, 0.3) is 0 Å². The topological polar surface area (TPSA) is 98.8 Å². The molecular formula is C19H16N6O. The largest absolute Gasteiger partial charge is 0.435 e. The van der Waals surface area contributed by atoms with Gasteiger partial charge in [0.2, 0.25) is 5.88 Å². The highest BCUT2D eigenvalue weighted by atomic mass is 16.5. The number of pyridine rings is 2. The Hall–Kier alpha value is -3.74. The van der Waals surface area contributed by atoms with E-state index in [1.807, 2.05) is 37.3 Å². The van der Waals surface area contributed by atoms with Gasteiger partial charge >= 0.3 is 0 Å². The summed E-state index contributed by atoms with van der Waals surface area (Å²) in [5.74, 6) is 1.26. The van der Waals surface area contributed by atoms with Crippen molar-refractivity contribution in [1.29, 1.82) is 0 Å². The normalized spacial score (nSPS) is 10.7. The van der Waals surface area contributed by atoms with Crippen LogP contribution in [0.1, 0.15) is 5.69 Å². The molecule has 0 unspecified atom stereocenters. The summed E-state index contributed by atoms with van der Waals surface area (Å²) in [7, 11) is 0. The van der Waals surface area contributed by atoms with Gasteiger partial charge in [0, 0.05) is 17.3 Å². The molecule has 4 aromatic rings. The van der Waals surface area contributed by atoms with Crippen LogP contribution in [-0.2, 0) is 0 Å². The molecule has 0 aliphatic rings. The van der Waals surface area contributed by atoms with Gasteiger partial charge in [0.1, 0.15) is 17.8 Å². The van der Waals surface area contributed by atoms with Gasteiger partial charge in [0.15, 0.2) is 5.82 Å². The maximum atomic E-state index is 6.20. The Morgan fingerprint density at radius 2 is 1.96 bits per heavy atom. The third-order valence-corrected chi connectivity index (χ3v) is 3.81. The summed E-state index contributed by atoms with van der Waals surface area (Å²) in [6.45, 7) is 1.95. The third-order valence-electron chi connectivity index (χ3n) is 3.81. The summed E-state index contributed by atoms with van der Waals surface area (Å²) in [4.78, 5) is 17.0. The van der Waals surface area contributed by atoms with E-state index >= 15 is 0 Å². The van der Waals surface area contributed by atoms with E-state index in [0.29, 0.717) is 17.3 Å². The summed E-state index contributed by atoms with van der Waals surface area (Å²) in [6, 6.07) is 13.4. The zero-order chi connectivity index (χ0) is 17.9. The maximum Gasteiger partial charge on any atom is 0.248 e. The van der Waals surface area contributed by atoms with E-state index < -0.39 is 0 Å². The third kappa shape index (κ3) is 3.10. The van der Waals surface area contributed by atoms with Gasteiger partial charge < -0.3 is 15.8 Å². The first-order valence-electron chi connectivity index (χ1n) is 8.02. The van der Waals surface area contributed by atoms with Crippen molar-refractivity contribution in [1.82, 2.24) is 19.9 Å². The van der Waals surface area contributed by atoms with Gasteiger partial charge in [-0.1, -0.05) is 18.2 Å². The van der Waals surface area contributed by atoms with Crippen LogP contribution in [0.5, 0.6) is 11.6 Å². The van der Waals surface area contributed by atoms with Crippen molar-refractivity contribution in [3.05, 3.63) is 66.9 Å². The molecule has 3 N–H and O–H groups in total. The second kappa shape index (κ2) is 6.64. The zero-order valence-electron chi connectivity index (χ0n) is 14.0. The fraction of sp³-hybridized carbons (Fsp3) is 0.0526. The molecule has 7 heteroatoms. The Morgan fingerprint density at radius 1 is 1.04 bits per heavy atom. The van der Waals surface area contributed by atoms with Gasteiger partial charge in [-0.3, -0.25) is 9.97 Å². The van der Waals surface area contributed by atoms with Crippen LogP contribution < -0.4 is 15.8 Å². The highest BCUT2D eigenvalue weighted by Gasteiger charge is 2.12. The van der Waals surface area contributed by atoms with E-state index in [1.165, 1.54) is 6.33 Å². The second-order valence-electron chi connectivity index (χ2n) is 5.69. The Labute approximate surface area is 149 Å². The number of ether oxygens (including phenoxy) is 1. The molecule has 0 aliphatic carbocycles. The highest BCUT2D eigenvalue weighted by molar-refractivity contribution is 5.93. The van der Waals surface area contributed by atoms with Crippen LogP contribution in [-0.4, -0.2) is 19.9 Å². The van der Waals surface area contributed by atoms with Crippen LogP contribution in [0, 0.1) is 6.92 Å². The van der Waals surface area contributed by atoms with E-state index in [1.54, 1.807) is 24.5 Å². The molecule has 0 spiro atoms. The lowest BCUT2D eigenvalue weighted by molar-refractivity contribution is 0.462. The van der Waals surface area contributed by atoms with Crippen LogP contribution in [0.2, 0.25) is 0 Å². The molecular weight excluding hydrogens is 328 g/mol. The summed E-state index contributed by atoms with van der Waals surface area (Å²) < 4.78 is 5.70. The minimum atomic E-state index is 0.264. The molecule has 0 fully saturated rings. The van der Waals surface area contributed by atoms with Crippen molar-refractivity contribution in [3.8, 4) is 11.6 Å². The maximum absolute atomic E-state index is 6.20. The number of nitrogens with one attached hydrogen (secondary N) is 1. The average molecular weight is 344 g/mol. The Kier molecular flexibility index (Phi) is 4.03. The lowest BCUT2D eigenvalue weighted by atomic mass is 10.1. The summed E-state index contributed by atoms with van der Waals surface area (Å²) in [5, 5.41) is 4.26. The van der Waals surface area contributed by atoms with Crippen LogP contribution in [0.25, 0.3) is 10.9 Å². The van der Waals surface area contributed by atoms with Gasteiger partial charge in [0.05, 0.1) is 17.4 Å². The van der Waals surface area contributed by atoms with Crippen LogP contribution >= 0.6 is 0 Å². The number of aromatic nitrogens is 4. The van der Waals surface area contributed by atoms with Gasteiger partial charge in [-0.15, -0.1) is 0 Å². The molecule has 0 bridgehead atoms. The van der Waals surface area contributed by atoms with E-state index in [9.17, 15) is 0 Å². The monoisotopic (exact) mass is 344 g/mol. The zero-order valence-corrected chi connectivity index (χ0v) is 14.0. The van der Waals surface area contributed by atoms with Crippen LogP contribution in [0.3, 0.4) is 0 Å². The molecule has 4 rings (SSSR count). The van der Waals surface area contributed by atoms with Gasteiger partial charge in [-0.2, -0.15) is 4.98 Å². The van der Waals surface area contributed by atoms with E-state index in [0.717, 1.165) is 22.3 Å². The second-order valence-corrected chi connectivity index (χ2v) is 5.69. The SMILES string of the molecule is Cc1ccc2cccc(Nc3ncnc(Oc4cccnc4)c3N)c2n1. The first-order valence-corrected chi connectivity index (χ1v) is 8.02. The number of hydrogen-bond donors (Lipinski definition) is 2. The first kappa shape index (κ1) is 15.8. The van der Waals surface area contributed by atoms with Crippen molar-refractivity contribution in [2.24, 2.45) is 0 Å². The fourth-order valence-electron chi connectivity index (χ4n) is 2.55. The Morgan fingerprint density at radius 3 is 2.81 bits per heavy atom. The number of rotatable bonds is 4. The molecule has 0 amide bonds. The van der Waals surface area contributed by atoms with Crippen LogP contribution in [0.15, 0.2) is 61.2 Å². The molecule has 128 valence electrons. The predicted octanol–water partition coefficient (Wildman–Crippen LogP) is 3.85. The summed E-state index contributed by atoms with van der Waals surface area (Å²) >= 11 is 0. The number of benzene rings is 1. The Balaban J connectivity index is 1.69. The number of nitrogen functional groups attached to an aromatic ring is 1. The summed E-state index contributed by atoms with van der Waals surface area (Å²) in [6.07, 6.45) is 4.65. The molecule has 0 saturated heterocycles. The van der Waals surface area contributed by atoms with E-state index in [4.69, 9.17) is 10.5 Å². The number of nitrogens with two attached hydrogens (primary N) is 1. The van der Waals surface area contributed by atoms with Crippen LogP contribution in [0.4, 0.5) is 17.2 Å². The smallest absolute Gasteiger partial charge is 0.248 e. The van der Waals surface area contributed by atoms with Crippen molar-refractivity contribution in [2.75, 3.05) is 11.1 Å². The molecule has 0 radical (unpaired) electrons. The average Bonchev–Trinajstić information content (AvgIpc) is 2.66. The molecule has 7 nitrogen and oxygen atoms in total. The van der Waals surface area contributed by atoms with Crippen molar-refractivity contribution < 1.29 is 4.74 Å². The van der Waals surface area contributed by atoms with Crippen molar-refractivity contribution in [3.63, 3.8) is 0 Å². The lowest BCUT2D eigenvalue weighted by Crippen LogP contribution is -2.04. The molecule has 26 heavy (non-hydrogen) atoms. The standard InChI is InChI=1S/C19H16N6O/c1-12-7-8-13-4-2-6-15(17(13)24-12)25-18-16(20)19(23-11-22-18)26-14-5-3-9-21-10-14/h2-11H,20H2,1H3,(H,22,23,25). The molecule has 1 aromatic carbocycles. The minimum absolute atomic E-state index is 0.264. The minimum Gasteiger partial charge on any atom is -0.435 e. The number of nitrogens with zero attached hydrogens (tertiary/aromatic N) is 4. The molecule has 3 aromatic heterocycles. The number of aryl methyl sites for hydroxylation is 1. The number of para-hydroxylation sites is 1. The lowest BCUT2D eigenvalue weighted by Gasteiger charge is -2.13. The number of hydrogen-bond acceptors (Lipinski definition) is 7. The number of anilines is 3. The van der Waals surface area contributed by atoms with Crippen molar-refractivity contribution in [2.45, 2.75) is 6.92 Å². The first-order chi connectivity index (χ1) is 12.7. The van der Waals surface area contributed by atoms with E-state index in [2.05, 4.69) is 25.3 Å². The van der Waals surface area contributed by atoms with Gasteiger partial charge in [-0.25, -0.2) is 4.98 Å². The highest BCUT2D eigenvalue weighted by Crippen LogP contribution is 2.32. The van der Waals surface area contributed by atoms with Gasteiger partial charge in [-0.05, 0) is 31.2 Å². The molecule has 0 saturated carbocycles. The molecule has 0 atom stereocenters. The molecule has 3 heterocycles. The fourth-order valence-corrected chi connectivity index (χ4v) is 2.55.